The summed E-state index contributed by atoms with van der Waals surface area (Å²) in [5, 5.41) is 16.8. The molecule has 2 aromatic carbocycles. The Morgan fingerprint density at radius 1 is 0.589 bits per heavy atom. The summed E-state index contributed by atoms with van der Waals surface area (Å²) in [4.78, 5) is 91.0. The third-order valence-corrected chi connectivity index (χ3v) is 23.6. The zero-order valence-electron chi connectivity index (χ0n) is 52.8. The Labute approximate surface area is 554 Å². The van der Waals surface area contributed by atoms with E-state index in [0.717, 1.165) is 95.5 Å². The molecule has 0 bridgehead atoms. The molecule has 2 aromatic heterocycles. The largest absolute Gasteiger partial charge is 0.481 e. The fraction of sp³-hybridized carbons (Fsp3) is 0.594. The summed E-state index contributed by atoms with van der Waals surface area (Å²) in [5.74, 6) is -5.29. The van der Waals surface area contributed by atoms with Gasteiger partial charge < -0.3 is 31.3 Å². The Morgan fingerprint density at radius 2 is 0.967 bits per heavy atom. The molecule has 6 aliphatic carbocycles. The second kappa shape index (κ2) is 26.4. The summed E-state index contributed by atoms with van der Waals surface area (Å²) in [6.45, 7) is 8.89. The maximum Gasteiger partial charge on any atom is 0.307 e. The first-order valence-electron chi connectivity index (χ1n) is 31.7. The number of anilines is 2. The van der Waals surface area contributed by atoms with Gasteiger partial charge in [0.15, 0.2) is 21.9 Å². The van der Waals surface area contributed by atoms with Gasteiger partial charge in [-0.15, -0.1) is 12.4 Å². The van der Waals surface area contributed by atoms with Crippen LogP contribution in [0, 0.1) is 62.9 Å². The minimum absolute atomic E-state index is 0. The van der Waals surface area contributed by atoms with Gasteiger partial charge in [0.25, 0.3) is 0 Å². The number of carbonyl (C=O) groups excluding carboxylic acids is 5. The van der Waals surface area contributed by atoms with Gasteiger partial charge in [-0.1, -0.05) is 86.2 Å². The molecule has 0 saturated heterocycles. The molecule has 2 aliphatic heterocycles. The molecule has 90 heavy (non-hydrogen) atoms. The van der Waals surface area contributed by atoms with Crippen LogP contribution in [0.4, 0.5) is 20.2 Å². The third kappa shape index (κ3) is 12.3. The van der Waals surface area contributed by atoms with Crippen molar-refractivity contribution < 1.29 is 42.7 Å². The second-order valence-corrected chi connectivity index (χ2v) is 30.8. The number of ketones is 1. The Balaban J connectivity index is 0.000000183. The molecule has 8 aliphatic rings. The number of halogens is 7. The number of hydrogen-bond donors (Lipinski definition) is 4. The predicted molar refractivity (Wildman–Crippen MR) is 350 cm³/mol. The molecule has 14 nitrogen and oxygen atoms in total. The number of fused-ring (bicyclic) bond motifs is 6. The molecule has 488 valence electrons. The SMILES string of the molecule is CC1(C)CCC2(CC1)C[C@@H](C(=O)O)[C@H](c1ccnc(Cl)c1F)C21C(=O)Nc2cc(Cl)ccc21.CN(C)C(=O)C1CCC(CC(=O)[C@@H]2CC3(CCC(C)(C)CC3)[C@@]3(C(=O)Nc4cc(Cl)ccc43)[C@H]2c2ccnc(Cl)c2F)CC1.CN(C)C(=O)C1CCC(N)CC1.Cl. The van der Waals surface area contributed by atoms with Crippen LogP contribution in [0.2, 0.25) is 20.4 Å². The summed E-state index contributed by atoms with van der Waals surface area (Å²) < 4.78 is 31.6. The monoisotopic (exact) mass is 1340 g/mol. The second-order valence-electron chi connectivity index (χ2n) is 29.2. The molecule has 5 N–H and O–H groups in total. The number of Topliss-reactive ketones (excluding diaryl/α,β-unsaturated/α-hetero) is 1. The molecule has 4 aromatic rings. The van der Waals surface area contributed by atoms with Gasteiger partial charge >= 0.3 is 5.97 Å². The molecule has 4 amide bonds. The lowest BCUT2D eigenvalue weighted by Gasteiger charge is -2.51. The van der Waals surface area contributed by atoms with E-state index in [1.54, 1.807) is 60.3 Å². The highest BCUT2D eigenvalue weighted by Crippen LogP contribution is 2.74. The van der Waals surface area contributed by atoms with Crippen molar-refractivity contribution >= 4 is 106 Å². The first-order valence-corrected chi connectivity index (χ1v) is 33.2. The zero-order chi connectivity index (χ0) is 64.5. The first kappa shape index (κ1) is 69.4. The van der Waals surface area contributed by atoms with Crippen LogP contribution in [0.1, 0.15) is 184 Å². The van der Waals surface area contributed by atoms with Gasteiger partial charge in [-0.3, -0.25) is 28.8 Å². The number of carboxylic acids is 1. The number of amides is 4. The van der Waals surface area contributed by atoms with Crippen LogP contribution in [0.5, 0.6) is 0 Å². The van der Waals surface area contributed by atoms with Gasteiger partial charge in [0, 0.05) is 104 Å². The highest BCUT2D eigenvalue weighted by Gasteiger charge is 2.74. The summed E-state index contributed by atoms with van der Waals surface area (Å²) >= 11 is 24.9. The number of hydrogen-bond acceptors (Lipinski definition) is 9. The van der Waals surface area contributed by atoms with Crippen LogP contribution in [0.3, 0.4) is 0 Å². The van der Waals surface area contributed by atoms with Crippen LogP contribution >= 0.6 is 58.8 Å². The number of aromatic nitrogens is 2. The average molecular weight is 1340 g/mol. The predicted octanol–water partition coefficient (Wildman–Crippen LogP) is 15.2. The van der Waals surface area contributed by atoms with Crippen molar-refractivity contribution in [1.82, 2.24) is 19.8 Å². The molecule has 1 unspecified atom stereocenters. The van der Waals surface area contributed by atoms with Crippen LogP contribution in [-0.2, 0) is 39.6 Å². The van der Waals surface area contributed by atoms with Crippen LogP contribution in [0.15, 0.2) is 60.9 Å². The van der Waals surface area contributed by atoms with Crippen molar-refractivity contribution in [3.05, 3.63) is 115 Å². The third-order valence-electron chi connectivity index (χ3n) is 22.6. The van der Waals surface area contributed by atoms with Crippen molar-refractivity contribution in [2.75, 3.05) is 38.8 Å². The van der Waals surface area contributed by atoms with E-state index in [-0.39, 0.29) is 98.3 Å². The van der Waals surface area contributed by atoms with Crippen molar-refractivity contribution in [3.63, 3.8) is 0 Å². The number of pyridine rings is 2. The molecule has 6 fully saturated rings. The van der Waals surface area contributed by atoms with Gasteiger partial charge in [-0.05, 0) is 202 Å². The Bertz CT molecular complexity index is 3420. The van der Waals surface area contributed by atoms with Gasteiger partial charge in [0.2, 0.25) is 23.6 Å². The van der Waals surface area contributed by atoms with Crippen molar-refractivity contribution in [2.24, 2.45) is 57.0 Å². The van der Waals surface area contributed by atoms with Crippen LogP contribution < -0.4 is 16.4 Å². The van der Waals surface area contributed by atoms with E-state index in [1.165, 1.54) is 18.5 Å². The molecule has 4 spiro atoms. The van der Waals surface area contributed by atoms with Gasteiger partial charge in [-0.25, -0.2) is 18.7 Å². The Morgan fingerprint density at radius 3 is 1.36 bits per heavy atom. The topological polar surface area (TPSA) is 205 Å². The number of aliphatic carboxylic acids is 1. The zero-order valence-corrected chi connectivity index (χ0v) is 56.6. The lowest BCUT2D eigenvalue weighted by molar-refractivity contribution is -0.142. The maximum atomic E-state index is 16.1. The Hall–Kier alpha value is -4.97. The highest BCUT2D eigenvalue weighted by atomic mass is 35.5. The molecule has 4 heterocycles. The van der Waals surface area contributed by atoms with Crippen molar-refractivity contribution in [1.29, 1.82) is 0 Å². The standard InChI is InChI=1S/C35H42Cl2FN3O3.C25H25Cl2FN2O3.C9H18N2O.ClH/c1-33(2)12-14-34(15-13-33)19-24(27(42)17-20-5-7-21(8-6-20)31(43)41(3)4)28(23-11-16-39-30(37)29(23)38)35(34)25-10-9-22(36)18-26(25)40-32(35)44;1-23(2)6-8-24(9-7-23)12-15(21(31)32)18(14-5-10-29-20(27)19(14)28)25(24)16-4-3-13(26)11-17(16)30-22(25)33;1-11(2)9(12)7-3-5-8(10)6-4-7;/h9-11,16,18,20-21,24,28H,5-8,12-15,17,19H2,1-4H3,(H,40,44);3-5,10-11,15,18H,6-9,12H2,1-2H3,(H,30,33)(H,31,32);7-8H,3-6,10H2,1-2H3;1H/t20?,21?,24-,28-,35+;15-,18+,25?;;/m01../s1. The number of nitrogens with one attached hydrogen (secondary N) is 2. The molecular formula is C69H86Cl5F2N7O7. The average Bonchev–Trinajstić information content (AvgIpc) is 1.51. The number of rotatable bonds is 8. The smallest absolute Gasteiger partial charge is 0.307 e. The first-order chi connectivity index (χ1) is 41.9. The Kier molecular flexibility index (Phi) is 20.4. The van der Waals surface area contributed by atoms with E-state index in [1.807, 2.05) is 20.2 Å². The molecule has 12 rings (SSSR count). The maximum absolute atomic E-state index is 16.1. The molecular weight excluding hydrogens is 1250 g/mol. The summed E-state index contributed by atoms with van der Waals surface area (Å²) in [6.07, 6.45) is 17.5. The lowest BCUT2D eigenvalue weighted by atomic mass is 9.51. The van der Waals surface area contributed by atoms with Gasteiger partial charge in [0.05, 0.1) is 16.7 Å². The van der Waals surface area contributed by atoms with E-state index in [2.05, 4.69) is 48.3 Å². The molecule has 0 radical (unpaired) electrons. The van der Waals surface area contributed by atoms with Crippen molar-refractivity contribution in [2.45, 2.75) is 178 Å². The number of nitrogens with two attached hydrogens (primary N) is 1. The van der Waals surface area contributed by atoms with E-state index in [4.69, 9.17) is 52.1 Å². The molecule has 21 heteroatoms. The van der Waals surface area contributed by atoms with E-state index < -0.39 is 62.9 Å². The molecule has 6 atom stereocenters. The lowest BCUT2D eigenvalue weighted by Crippen LogP contribution is -2.52. The fourth-order valence-electron chi connectivity index (χ4n) is 17.9. The van der Waals surface area contributed by atoms with Gasteiger partial charge in [-0.2, -0.15) is 0 Å². The fourth-order valence-corrected chi connectivity index (χ4v) is 18.5. The number of carboxylic acid groups (broad SMARTS) is 1. The number of benzene rings is 2. The number of nitrogens with zero attached hydrogens (tertiary/aromatic N) is 4. The summed E-state index contributed by atoms with van der Waals surface area (Å²) in [6, 6.07) is 14.1. The minimum atomic E-state index is -1.25. The van der Waals surface area contributed by atoms with Crippen LogP contribution in [-0.4, -0.2) is 94.5 Å². The molecule has 6 saturated carbocycles. The van der Waals surface area contributed by atoms with E-state index >= 15 is 8.78 Å². The van der Waals surface area contributed by atoms with E-state index in [9.17, 15) is 33.9 Å². The minimum Gasteiger partial charge on any atom is -0.481 e. The number of carbonyl (C=O) groups is 6. The summed E-state index contributed by atoms with van der Waals surface area (Å²) in [7, 11) is 7.20. The quantitative estimate of drug-likeness (QED) is 0.123. The summed E-state index contributed by atoms with van der Waals surface area (Å²) in [5.41, 5.74) is 5.44. The normalized spacial score (nSPS) is 29.5. The van der Waals surface area contributed by atoms with Crippen molar-refractivity contribution in [3.8, 4) is 0 Å². The van der Waals surface area contributed by atoms with Gasteiger partial charge in [0.1, 0.15) is 5.78 Å². The highest BCUT2D eigenvalue weighted by molar-refractivity contribution is 6.32. The van der Waals surface area contributed by atoms with Crippen LogP contribution in [0.25, 0.3) is 0 Å². The van der Waals surface area contributed by atoms with E-state index in [0.29, 0.717) is 58.7 Å².